The predicted octanol–water partition coefficient (Wildman–Crippen LogP) is 2.27. The standard InChI is InChI=1S/C9H8F3N5S/c1-5-2-14-6(3-13-5)4-15-8-16-7(17-18-8)9(10,11)12/h2-3H,4H2,1H3,(H,15,16,17). The van der Waals surface area contributed by atoms with Crippen molar-refractivity contribution < 1.29 is 13.2 Å². The van der Waals surface area contributed by atoms with Gasteiger partial charge in [-0.15, -0.1) is 0 Å². The number of aromatic nitrogens is 4. The van der Waals surface area contributed by atoms with E-state index < -0.39 is 12.0 Å². The van der Waals surface area contributed by atoms with E-state index in [0.29, 0.717) is 17.2 Å². The molecule has 2 aromatic heterocycles. The number of hydrogen-bond acceptors (Lipinski definition) is 6. The number of nitrogens with zero attached hydrogens (tertiary/aromatic N) is 4. The zero-order valence-corrected chi connectivity index (χ0v) is 10.0. The van der Waals surface area contributed by atoms with Crippen molar-refractivity contribution in [3.63, 3.8) is 0 Å². The Morgan fingerprint density at radius 1 is 1.28 bits per heavy atom. The Bertz CT molecular complexity index is 522. The first-order chi connectivity index (χ1) is 8.45. The molecular weight excluding hydrogens is 267 g/mol. The SMILES string of the molecule is Cc1cnc(CNc2nc(C(F)(F)F)ns2)cn1. The number of aryl methyl sites for hydroxylation is 1. The second kappa shape index (κ2) is 4.84. The van der Waals surface area contributed by atoms with Gasteiger partial charge >= 0.3 is 6.18 Å². The fourth-order valence-corrected chi connectivity index (χ4v) is 1.67. The Labute approximate surface area is 104 Å². The van der Waals surface area contributed by atoms with Crippen LogP contribution >= 0.6 is 11.5 Å². The van der Waals surface area contributed by atoms with Gasteiger partial charge in [0, 0.05) is 17.7 Å². The van der Waals surface area contributed by atoms with Gasteiger partial charge in [0.1, 0.15) is 0 Å². The second-order valence-electron chi connectivity index (χ2n) is 3.42. The van der Waals surface area contributed by atoms with Crippen LogP contribution in [0.4, 0.5) is 18.3 Å². The van der Waals surface area contributed by atoms with E-state index in [9.17, 15) is 13.2 Å². The molecule has 2 aromatic rings. The summed E-state index contributed by atoms with van der Waals surface area (Å²) in [5, 5.41) is 2.82. The highest BCUT2D eigenvalue weighted by molar-refractivity contribution is 7.09. The lowest BCUT2D eigenvalue weighted by atomic mass is 10.4. The van der Waals surface area contributed by atoms with Crippen molar-refractivity contribution in [2.45, 2.75) is 19.6 Å². The average Bonchev–Trinajstić information content (AvgIpc) is 2.77. The van der Waals surface area contributed by atoms with Gasteiger partial charge < -0.3 is 5.32 Å². The molecule has 18 heavy (non-hydrogen) atoms. The molecule has 0 fully saturated rings. The summed E-state index contributed by atoms with van der Waals surface area (Å²) < 4.78 is 39.9. The third kappa shape index (κ3) is 3.13. The van der Waals surface area contributed by atoms with Crippen LogP contribution in [0.2, 0.25) is 0 Å². The van der Waals surface area contributed by atoms with Crippen LogP contribution in [0.3, 0.4) is 0 Å². The normalized spacial score (nSPS) is 11.6. The molecule has 9 heteroatoms. The van der Waals surface area contributed by atoms with Crippen molar-refractivity contribution in [2.24, 2.45) is 0 Å². The van der Waals surface area contributed by atoms with E-state index in [-0.39, 0.29) is 11.7 Å². The van der Waals surface area contributed by atoms with E-state index in [1.54, 1.807) is 19.3 Å². The molecule has 0 aromatic carbocycles. The molecular formula is C9H8F3N5S. The van der Waals surface area contributed by atoms with E-state index in [2.05, 4.69) is 24.6 Å². The molecule has 0 spiro atoms. The summed E-state index contributed by atoms with van der Waals surface area (Å²) in [6, 6.07) is 0. The highest BCUT2D eigenvalue weighted by atomic mass is 32.1. The van der Waals surface area contributed by atoms with Gasteiger partial charge in [0.2, 0.25) is 11.0 Å². The van der Waals surface area contributed by atoms with Gasteiger partial charge in [0.05, 0.1) is 24.1 Å². The number of alkyl halides is 3. The van der Waals surface area contributed by atoms with Crippen LogP contribution in [0.5, 0.6) is 0 Å². The lowest BCUT2D eigenvalue weighted by Gasteiger charge is -2.01. The van der Waals surface area contributed by atoms with Crippen LogP contribution in [0.1, 0.15) is 17.2 Å². The van der Waals surface area contributed by atoms with Crippen molar-refractivity contribution in [3.05, 3.63) is 29.6 Å². The van der Waals surface area contributed by atoms with E-state index in [1.807, 2.05) is 0 Å². The lowest BCUT2D eigenvalue weighted by Crippen LogP contribution is -2.08. The number of hydrogen-bond donors (Lipinski definition) is 1. The van der Waals surface area contributed by atoms with Crippen LogP contribution in [0, 0.1) is 6.92 Å². The monoisotopic (exact) mass is 275 g/mol. The van der Waals surface area contributed by atoms with Gasteiger partial charge in [-0.25, -0.2) is 0 Å². The van der Waals surface area contributed by atoms with Crippen LogP contribution in [0.15, 0.2) is 12.4 Å². The average molecular weight is 275 g/mol. The van der Waals surface area contributed by atoms with Crippen molar-refractivity contribution in [3.8, 4) is 0 Å². The van der Waals surface area contributed by atoms with Crippen molar-refractivity contribution >= 4 is 16.7 Å². The highest BCUT2D eigenvalue weighted by Gasteiger charge is 2.36. The second-order valence-corrected chi connectivity index (χ2v) is 4.18. The summed E-state index contributed by atoms with van der Waals surface area (Å²) in [5.74, 6) is -1.13. The number of halogens is 3. The largest absolute Gasteiger partial charge is 0.452 e. The highest BCUT2D eigenvalue weighted by Crippen LogP contribution is 2.28. The molecule has 2 heterocycles. The summed E-state index contributed by atoms with van der Waals surface area (Å²) in [5.41, 5.74) is 1.39. The summed E-state index contributed by atoms with van der Waals surface area (Å²) >= 11 is 0.658. The molecule has 0 aliphatic heterocycles. The Kier molecular flexibility index (Phi) is 3.41. The van der Waals surface area contributed by atoms with Crippen LogP contribution < -0.4 is 5.32 Å². The Hall–Kier alpha value is -1.77. The van der Waals surface area contributed by atoms with Crippen molar-refractivity contribution in [2.75, 3.05) is 5.32 Å². The minimum absolute atomic E-state index is 0.102. The van der Waals surface area contributed by atoms with E-state index in [4.69, 9.17) is 0 Å². The first-order valence-electron chi connectivity index (χ1n) is 4.87. The van der Waals surface area contributed by atoms with Gasteiger partial charge in [-0.3, -0.25) is 9.97 Å². The number of nitrogens with one attached hydrogen (secondary N) is 1. The van der Waals surface area contributed by atoms with Gasteiger partial charge in [0.25, 0.3) is 0 Å². The summed E-state index contributed by atoms with van der Waals surface area (Å²) in [4.78, 5) is 11.4. The fraction of sp³-hybridized carbons (Fsp3) is 0.333. The van der Waals surface area contributed by atoms with E-state index in [1.165, 1.54) is 0 Å². The lowest BCUT2D eigenvalue weighted by molar-refractivity contribution is -0.144. The molecule has 0 amide bonds. The molecule has 0 aliphatic rings. The fourth-order valence-electron chi connectivity index (χ4n) is 1.09. The molecule has 0 bridgehead atoms. The maximum absolute atomic E-state index is 12.2. The maximum Gasteiger partial charge on any atom is 0.452 e. The molecule has 5 nitrogen and oxygen atoms in total. The summed E-state index contributed by atoms with van der Waals surface area (Å²) in [6.45, 7) is 2.05. The molecule has 0 radical (unpaired) electrons. The minimum atomic E-state index is -4.51. The quantitative estimate of drug-likeness (QED) is 0.931. The summed E-state index contributed by atoms with van der Waals surface area (Å²) in [6.07, 6.45) is -1.38. The zero-order valence-electron chi connectivity index (χ0n) is 9.19. The van der Waals surface area contributed by atoms with Crippen LogP contribution in [0.25, 0.3) is 0 Å². The molecule has 2 rings (SSSR count). The minimum Gasteiger partial charge on any atom is -0.355 e. The smallest absolute Gasteiger partial charge is 0.355 e. The van der Waals surface area contributed by atoms with Crippen molar-refractivity contribution in [1.29, 1.82) is 0 Å². The molecule has 0 aliphatic carbocycles. The first-order valence-corrected chi connectivity index (χ1v) is 5.65. The van der Waals surface area contributed by atoms with E-state index >= 15 is 0 Å². The Morgan fingerprint density at radius 2 is 2.06 bits per heavy atom. The third-order valence-corrected chi connectivity index (χ3v) is 2.61. The predicted molar refractivity (Wildman–Crippen MR) is 59.0 cm³/mol. The molecule has 0 unspecified atom stereocenters. The molecule has 1 N–H and O–H groups in total. The third-order valence-electron chi connectivity index (χ3n) is 1.93. The molecule has 96 valence electrons. The van der Waals surface area contributed by atoms with Gasteiger partial charge in [-0.05, 0) is 6.92 Å². The molecule has 0 saturated carbocycles. The van der Waals surface area contributed by atoms with E-state index in [0.717, 1.165) is 5.69 Å². The van der Waals surface area contributed by atoms with Gasteiger partial charge in [-0.2, -0.15) is 22.5 Å². The number of anilines is 1. The number of rotatable bonds is 3. The first kappa shape index (κ1) is 12.7. The van der Waals surface area contributed by atoms with Gasteiger partial charge in [0.15, 0.2) is 0 Å². The molecule has 0 saturated heterocycles. The molecule has 0 atom stereocenters. The Balaban J connectivity index is 1.98. The van der Waals surface area contributed by atoms with Crippen molar-refractivity contribution in [1.82, 2.24) is 19.3 Å². The zero-order chi connectivity index (χ0) is 13.2. The maximum atomic E-state index is 12.2. The van der Waals surface area contributed by atoms with Crippen LogP contribution in [-0.2, 0) is 12.7 Å². The van der Waals surface area contributed by atoms with Crippen LogP contribution in [-0.4, -0.2) is 19.3 Å². The summed E-state index contributed by atoms with van der Waals surface area (Å²) in [7, 11) is 0. The topological polar surface area (TPSA) is 63.6 Å². The van der Waals surface area contributed by atoms with Gasteiger partial charge in [-0.1, -0.05) is 0 Å². The Morgan fingerprint density at radius 3 is 2.61 bits per heavy atom.